The summed E-state index contributed by atoms with van der Waals surface area (Å²) < 4.78 is 0. The molecule has 0 aromatic heterocycles. The molecule has 1 aliphatic carbocycles. The first-order valence-electron chi connectivity index (χ1n) is 9.70. The maximum Gasteiger partial charge on any atom is -0.0265 e. The molecule has 0 N–H and O–H groups in total. The second-order valence-corrected chi connectivity index (χ2v) is 7.52. The molecule has 0 radical (unpaired) electrons. The Labute approximate surface area is 145 Å². The van der Waals surface area contributed by atoms with Crippen molar-refractivity contribution in [3.8, 4) is 0 Å². The lowest BCUT2D eigenvalue weighted by atomic mass is 9.84. The highest BCUT2D eigenvalue weighted by Crippen LogP contribution is 2.30. The molecule has 2 unspecified atom stereocenters. The molecule has 0 heterocycles. The van der Waals surface area contributed by atoms with Crippen molar-refractivity contribution in [3.63, 3.8) is 0 Å². The van der Waals surface area contributed by atoms with Crippen molar-refractivity contribution in [1.29, 1.82) is 0 Å². The van der Waals surface area contributed by atoms with E-state index >= 15 is 0 Å². The van der Waals surface area contributed by atoms with Gasteiger partial charge in [0.15, 0.2) is 0 Å². The average Bonchev–Trinajstić information content (AvgIpc) is 2.54. The maximum atomic E-state index is 3.88. The van der Waals surface area contributed by atoms with E-state index in [4.69, 9.17) is 0 Å². The standard InChI is InChI=1S/C23H38/c1-5-21(4)13-11-15-23-18-16-22(17-19-23)14-10-8-6-7-9-12-20(2)3/h5-6,8,12,16,21,23H,1,7,9-11,13-15,17-19H2,2-4H3/b8-6+. The lowest BCUT2D eigenvalue weighted by Crippen LogP contribution is -2.06. The van der Waals surface area contributed by atoms with E-state index in [0.29, 0.717) is 5.92 Å². The van der Waals surface area contributed by atoms with Gasteiger partial charge in [0.25, 0.3) is 0 Å². The van der Waals surface area contributed by atoms with Gasteiger partial charge in [0, 0.05) is 0 Å². The van der Waals surface area contributed by atoms with Crippen LogP contribution in [0.25, 0.3) is 0 Å². The first-order chi connectivity index (χ1) is 11.1. The molecular weight excluding hydrogens is 276 g/mol. The van der Waals surface area contributed by atoms with Gasteiger partial charge in [-0.1, -0.05) is 61.3 Å². The van der Waals surface area contributed by atoms with Crippen LogP contribution in [0.4, 0.5) is 0 Å². The summed E-state index contributed by atoms with van der Waals surface area (Å²) in [5, 5.41) is 0. The summed E-state index contributed by atoms with van der Waals surface area (Å²) in [5.74, 6) is 1.63. The van der Waals surface area contributed by atoms with Crippen LogP contribution in [0.3, 0.4) is 0 Å². The molecule has 0 saturated carbocycles. The summed E-state index contributed by atoms with van der Waals surface area (Å²) in [6, 6.07) is 0. The van der Waals surface area contributed by atoms with Gasteiger partial charge in [0.05, 0.1) is 0 Å². The molecule has 1 aliphatic rings. The van der Waals surface area contributed by atoms with E-state index in [2.05, 4.69) is 57.7 Å². The third kappa shape index (κ3) is 10.4. The third-order valence-corrected chi connectivity index (χ3v) is 4.97. The minimum atomic E-state index is 0.688. The summed E-state index contributed by atoms with van der Waals surface area (Å²) in [5.41, 5.74) is 3.13. The molecule has 0 nitrogen and oxygen atoms in total. The SMILES string of the molecule is C=CC(C)CCCC1CC=C(CC/C=C/CCC=C(C)C)CC1. The molecule has 0 aromatic rings. The summed E-state index contributed by atoms with van der Waals surface area (Å²) >= 11 is 0. The molecule has 0 fully saturated rings. The van der Waals surface area contributed by atoms with Gasteiger partial charge in [0.1, 0.15) is 0 Å². The molecule has 1 rings (SSSR count). The lowest BCUT2D eigenvalue weighted by molar-refractivity contribution is 0.404. The summed E-state index contributed by atoms with van der Waals surface area (Å²) in [6.45, 7) is 10.5. The van der Waals surface area contributed by atoms with Crippen molar-refractivity contribution in [2.75, 3.05) is 0 Å². The van der Waals surface area contributed by atoms with Crippen molar-refractivity contribution < 1.29 is 0 Å². The number of hydrogen-bond acceptors (Lipinski definition) is 0. The van der Waals surface area contributed by atoms with E-state index < -0.39 is 0 Å². The van der Waals surface area contributed by atoms with Crippen LogP contribution in [0.5, 0.6) is 0 Å². The molecule has 0 heteroatoms. The van der Waals surface area contributed by atoms with Crippen LogP contribution in [0.2, 0.25) is 0 Å². The number of rotatable bonds is 11. The van der Waals surface area contributed by atoms with Crippen LogP contribution in [0, 0.1) is 11.8 Å². The van der Waals surface area contributed by atoms with Crippen molar-refractivity contribution in [2.24, 2.45) is 11.8 Å². The molecule has 0 amide bonds. The summed E-state index contributed by atoms with van der Waals surface area (Å²) in [6.07, 6.45) is 24.7. The van der Waals surface area contributed by atoms with E-state index in [1.54, 1.807) is 5.57 Å². The molecule has 0 aliphatic heterocycles. The zero-order valence-corrected chi connectivity index (χ0v) is 15.8. The molecule has 23 heavy (non-hydrogen) atoms. The van der Waals surface area contributed by atoms with E-state index in [0.717, 1.165) is 5.92 Å². The van der Waals surface area contributed by atoms with Crippen LogP contribution >= 0.6 is 0 Å². The highest BCUT2D eigenvalue weighted by atomic mass is 14.2. The second kappa shape index (κ2) is 12.4. The molecular formula is C23H38. The predicted molar refractivity (Wildman–Crippen MR) is 106 cm³/mol. The number of hydrogen-bond donors (Lipinski definition) is 0. The monoisotopic (exact) mass is 314 g/mol. The van der Waals surface area contributed by atoms with Gasteiger partial charge in [-0.05, 0) is 77.0 Å². The Hall–Kier alpha value is -1.04. The zero-order valence-electron chi connectivity index (χ0n) is 15.8. The number of unbranched alkanes of at least 4 members (excludes halogenated alkanes) is 1. The first kappa shape index (κ1) is 20.0. The predicted octanol–water partition coefficient (Wildman–Crippen LogP) is 7.79. The van der Waals surface area contributed by atoms with Crippen LogP contribution < -0.4 is 0 Å². The lowest BCUT2D eigenvalue weighted by Gasteiger charge is -2.22. The fourth-order valence-electron chi connectivity index (χ4n) is 3.25. The van der Waals surface area contributed by atoms with Gasteiger partial charge < -0.3 is 0 Å². The quantitative estimate of drug-likeness (QED) is 0.270. The van der Waals surface area contributed by atoms with Crippen molar-refractivity contribution >= 4 is 0 Å². The molecule has 130 valence electrons. The Morgan fingerprint density at radius 2 is 2.04 bits per heavy atom. The van der Waals surface area contributed by atoms with Crippen LogP contribution in [0.1, 0.15) is 85.0 Å². The largest absolute Gasteiger partial charge is 0.103 e. The fraction of sp³-hybridized carbons (Fsp3) is 0.652. The molecule has 0 spiro atoms. The first-order valence-corrected chi connectivity index (χ1v) is 9.70. The van der Waals surface area contributed by atoms with E-state index in [-0.39, 0.29) is 0 Å². The van der Waals surface area contributed by atoms with E-state index in [1.807, 2.05) is 0 Å². The highest BCUT2D eigenvalue weighted by Gasteiger charge is 2.13. The Bertz CT molecular complexity index is 404. The molecule has 0 aromatic carbocycles. The van der Waals surface area contributed by atoms with Crippen molar-refractivity contribution in [3.05, 3.63) is 48.1 Å². The Morgan fingerprint density at radius 1 is 1.26 bits per heavy atom. The van der Waals surface area contributed by atoms with Gasteiger partial charge in [-0.25, -0.2) is 0 Å². The number of allylic oxidation sites excluding steroid dienone is 7. The Morgan fingerprint density at radius 3 is 2.70 bits per heavy atom. The summed E-state index contributed by atoms with van der Waals surface area (Å²) in [7, 11) is 0. The molecule has 0 bridgehead atoms. The molecule has 2 atom stereocenters. The van der Waals surface area contributed by atoms with Crippen molar-refractivity contribution in [1.82, 2.24) is 0 Å². The van der Waals surface area contributed by atoms with Gasteiger partial charge in [-0.3, -0.25) is 0 Å². The second-order valence-electron chi connectivity index (χ2n) is 7.52. The fourth-order valence-corrected chi connectivity index (χ4v) is 3.25. The average molecular weight is 315 g/mol. The topological polar surface area (TPSA) is 0 Å². The smallest absolute Gasteiger partial charge is 0.0265 e. The highest BCUT2D eigenvalue weighted by molar-refractivity contribution is 5.07. The third-order valence-electron chi connectivity index (χ3n) is 4.97. The van der Waals surface area contributed by atoms with Gasteiger partial charge in [0.2, 0.25) is 0 Å². The van der Waals surface area contributed by atoms with E-state index in [9.17, 15) is 0 Å². The minimum Gasteiger partial charge on any atom is -0.103 e. The van der Waals surface area contributed by atoms with Crippen LogP contribution in [-0.2, 0) is 0 Å². The Balaban J connectivity index is 2.10. The Kier molecular flexibility index (Phi) is 10.8. The van der Waals surface area contributed by atoms with Gasteiger partial charge in [-0.2, -0.15) is 0 Å². The van der Waals surface area contributed by atoms with Gasteiger partial charge >= 0.3 is 0 Å². The molecule has 0 saturated heterocycles. The van der Waals surface area contributed by atoms with Crippen molar-refractivity contribution in [2.45, 2.75) is 85.0 Å². The van der Waals surface area contributed by atoms with Crippen LogP contribution in [0.15, 0.2) is 48.1 Å². The minimum absolute atomic E-state index is 0.688. The van der Waals surface area contributed by atoms with Gasteiger partial charge in [-0.15, -0.1) is 6.58 Å². The maximum absolute atomic E-state index is 3.88. The van der Waals surface area contributed by atoms with E-state index in [1.165, 1.54) is 69.8 Å². The normalized spacial score (nSPS) is 19.4. The van der Waals surface area contributed by atoms with Crippen LogP contribution in [-0.4, -0.2) is 0 Å². The summed E-state index contributed by atoms with van der Waals surface area (Å²) in [4.78, 5) is 0. The zero-order chi connectivity index (χ0) is 16.9.